The maximum Gasteiger partial charge on any atom is 0.262 e. The third-order valence-electron chi connectivity index (χ3n) is 5.57. The Bertz CT molecular complexity index is 931. The van der Waals surface area contributed by atoms with E-state index >= 15 is 0 Å². The van der Waals surface area contributed by atoms with Crippen molar-refractivity contribution >= 4 is 17.7 Å². The third-order valence-corrected chi connectivity index (χ3v) is 5.57. The van der Waals surface area contributed by atoms with E-state index in [2.05, 4.69) is 0 Å². The lowest BCUT2D eigenvalue weighted by Crippen LogP contribution is -2.46. The van der Waals surface area contributed by atoms with Crippen molar-refractivity contribution in [3.05, 3.63) is 58.9 Å². The second-order valence-electron chi connectivity index (χ2n) is 7.39. The molecule has 0 aliphatic carbocycles. The van der Waals surface area contributed by atoms with Gasteiger partial charge in [-0.3, -0.25) is 19.3 Å². The number of hydrogen-bond donors (Lipinski definition) is 0. The topological polar surface area (TPSA) is 62.6 Å². The van der Waals surface area contributed by atoms with Crippen LogP contribution in [0, 0.1) is 6.92 Å². The summed E-state index contributed by atoms with van der Waals surface area (Å²) >= 11 is 0. The van der Waals surface area contributed by atoms with E-state index in [4.69, 9.17) is 0 Å². The number of aromatic nitrogens is 1. The highest BCUT2D eigenvalue weighted by atomic mass is 16.2. The van der Waals surface area contributed by atoms with E-state index in [-0.39, 0.29) is 30.3 Å². The van der Waals surface area contributed by atoms with E-state index in [0.717, 1.165) is 35.4 Å². The van der Waals surface area contributed by atoms with Crippen LogP contribution < -0.4 is 0 Å². The molecule has 2 aromatic rings. The molecule has 1 aromatic heterocycles. The SMILES string of the molecule is Cc1ccc2c(c1)C(=O)N(CC(=O)N1CCCCC1c1cccn1C)C2=O. The number of likely N-dealkylation sites (tertiary alicyclic amines) is 1. The summed E-state index contributed by atoms with van der Waals surface area (Å²) in [4.78, 5) is 41.3. The van der Waals surface area contributed by atoms with Crippen molar-refractivity contribution < 1.29 is 14.4 Å². The van der Waals surface area contributed by atoms with Crippen molar-refractivity contribution in [2.24, 2.45) is 7.05 Å². The molecule has 4 rings (SSSR count). The average Bonchev–Trinajstić information content (AvgIpc) is 3.18. The molecule has 1 atom stereocenters. The highest BCUT2D eigenvalue weighted by Gasteiger charge is 2.39. The first-order chi connectivity index (χ1) is 13.0. The number of carbonyl (C=O) groups is 3. The van der Waals surface area contributed by atoms with Crippen molar-refractivity contribution in [3.63, 3.8) is 0 Å². The molecule has 0 saturated carbocycles. The Kier molecular flexibility index (Phi) is 4.34. The van der Waals surface area contributed by atoms with E-state index in [1.54, 1.807) is 12.1 Å². The monoisotopic (exact) mass is 365 g/mol. The van der Waals surface area contributed by atoms with Crippen molar-refractivity contribution in [1.29, 1.82) is 0 Å². The summed E-state index contributed by atoms with van der Waals surface area (Å²) in [6.07, 6.45) is 4.86. The largest absolute Gasteiger partial charge is 0.353 e. The first kappa shape index (κ1) is 17.5. The molecule has 6 nitrogen and oxygen atoms in total. The fraction of sp³-hybridized carbons (Fsp3) is 0.381. The highest BCUT2D eigenvalue weighted by molar-refractivity contribution is 6.22. The van der Waals surface area contributed by atoms with E-state index in [1.807, 2.05) is 47.8 Å². The summed E-state index contributed by atoms with van der Waals surface area (Å²) in [5, 5.41) is 0. The number of benzene rings is 1. The van der Waals surface area contributed by atoms with Crippen LogP contribution in [0.1, 0.15) is 57.3 Å². The molecular formula is C21H23N3O3. The third kappa shape index (κ3) is 2.95. The Morgan fingerprint density at radius 1 is 1.11 bits per heavy atom. The molecule has 1 unspecified atom stereocenters. The minimum atomic E-state index is -0.379. The van der Waals surface area contributed by atoms with Crippen LogP contribution in [0.2, 0.25) is 0 Å². The normalized spacial score (nSPS) is 19.6. The molecule has 3 amide bonds. The lowest BCUT2D eigenvalue weighted by atomic mass is 9.99. The van der Waals surface area contributed by atoms with Crippen LogP contribution in [0.4, 0.5) is 0 Å². The zero-order valence-corrected chi connectivity index (χ0v) is 15.6. The number of piperidine rings is 1. The van der Waals surface area contributed by atoms with E-state index in [0.29, 0.717) is 17.7 Å². The number of carbonyl (C=O) groups excluding carboxylic acids is 3. The predicted molar refractivity (Wildman–Crippen MR) is 100 cm³/mol. The first-order valence-electron chi connectivity index (χ1n) is 9.35. The smallest absolute Gasteiger partial charge is 0.262 e. The van der Waals surface area contributed by atoms with Gasteiger partial charge in [0, 0.05) is 25.5 Å². The van der Waals surface area contributed by atoms with Crippen molar-refractivity contribution in [3.8, 4) is 0 Å². The zero-order valence-electron chi connectivity index (χ0n) is 15.6. The first-order valence-corrected chi connectivity index (χ1v) is 9.35. The molecule has 2 aliphatic heterocycles. The lowest BCUT2D eigenvalue weighted by Gasteiger charge is -2.36. The van der Waals surface area contributed by atoms with Crippen molar-refractivity contribution in [2.45, 2.75) is 32.2 Å². The van der Waals surface area contributed by atoms with E-state index < -0.39 is 0 Å². The Hall–Kier alpha value is -2.89. The lowest BCUT2D eigenvalue weighted by molar-refractivity contribution is -0.135. The molecule has 0 N–H and O–H groups in total. The quantitative estimate of drug-likeness (QED) is 0.786. The number of fused-ring (bicyclic) bond motifs is 1. The predicted octanol–water partition coefficient (Wildman–Crippen LogP) is 2.68. The highest BCUT2D eigenvalue weighted by Crippen LogP contribution is 2.32. The van der Waals surface area contributed by atoms with Gasteiger partial charge in [0.15, 0.2) is 0 Å². The maximum atomic E-state index is 13.1. The number of rotatable bonds is 3. The molecule has 140 valence electrons. The summed E-state index contributed by atoms with van der Waals surface area (Å²) < 4.78 is 2.03. The Labute approximate surface area is 158 Å². The molecule has 6 heteroatoms. The van der Waals surface area contributed by atoms with Gasteiger partial charge in [0.2, 0.25) is 5.91 Å². The van der Waals surface area contributed by atoms with Gasteiger partial charge >= 0.3 is 0 Å². The summed E-state index contributed by atoms with van der Waals surface area (Å²) in [6.45, 7) is 2.33. The fourth-order valence-corrected chi connectivity index (χ4v) is 4.13. The Balaban J connectivity index is 1.56. The standard InChI is InChI=1S/C21H23N3O3/c1-14-8-9-15-16(12-14)21(27)24(20(15)26)13-19(25)23-11-4-3-6-18(23)17-7-5-10-22(17)2/h5,7-10,12,18H,3-4,6,11,13H2,1-2H3. The second-order valence-corrected chi connectivity index (χ2v) is 7.39. The summed E-state index contributed by atoms with van der Waals surface area (Å²) in [7, 11) is 1.97. The summed E-state index contributed by atoms with van der Waals surface area (Å²) in [5.74, 6) is -0.928. The van der Waals surface area contributed by atoms with Gasteiger partial charge in [-0.15, -0.1) is 0 Å². The number of aryl methyl sites for hydroxylation is 2. The van der Waals surface area contributed by atoms with Crippen LogP contribution in [-0.4, -0.2) is 45.2 Å². The van der Waals surface area contributed by atoms with Crippen LogP contribution in [-0.2, 0) is 11.8 Å². The van der Waals surface area contributed by atoms with Gasteiger partial charge in [-0.2, -0.15) is 0 Å². The fourth-order valence-electron chi connectivity index (χ4n) is 4.13. The van der Waals surface area contributed by atoms with Gasteiger partial charge in [-0.25, -0.2) is 0 Å². The van der Waals surface area contributed by atoms with E-state index in [1.165, 1.54) is 0 Å². The number of nitrogens with zero attached hydrogens (tertiary/aromatic N) is 3. The zero-order chi connectivity index (χ0) is 19.1. The molecular weight excluding hydrogens is 342 g/mol. The van der Waals surface area contributed by atoms with Crippen LogP contribution in [0.15, 0.2) is 36.5 Å². The van der Waals surface area contributed by atoms with Gasteiger partial charge in [0.25, 0.3) is 11.8 Å². The van der Waals surface area contributed by atoms with E-state index in [9.17, 15) is 14.4 Å². The van der Waals surface area contributed by atoms with Gasteiger partial charge in [0.05, 0.1) is 17.2 Å². The van der Waals surface area contributed by atoms with Crippen LogP contribution in [0.25, 0.3) is 0 Å². The molecule has 1 aromatic carbocycles. The Morgan fingerprint density at radius 2 is 1.89 bits per heavy atom. The second kappa shape index (κ2) is 6.68. The number of amides is 3. The molecule has 0 radical (unpaired) electrons. The van der Waals surface area contributed by atoms with Gasteiger partial charge in [-0.1, -0.05) is 11.6 Å². The average molecular weight is 365 g/mol. The molecule has 1 fully saturated rings. The van der Waals surface area contributed by atoms with Crippen molar-refractivity contribution in [2.75, 3.05) is 13.1 Å². The molecule has 3 heterocycles. The molecule has 1 saturated heterocycles. The molecule has 27 heavy (non-hydrogen) atoms. The van der Waals surface area contributed by atoms with Crippen LogP contribution in [0.5, 0.6) is 0 Å². The maximum absolute atomic E-state index is 13.1. The van der Waals surface area contributed by atoms with Crippen LogP contribution in [0.3, 0.4) is 0 Å². The van der Waals surface area contributed by atoms with Gasteiger partial charge < -0.3 is 9.47 Å². The summed E-state index contributed by atoms with van der Waals surface area (Å²) in [6, 6.07) is 9.19. The molecule has 0 bridgehead atoms. The Morgan fingerprint density at radius 3 is 2.63 bits per heavy atom. The molecule has 0 spiro atoms. The minimum absolute atomic E-state index is 0.0105. The molecule has 2 aliphatic rings. The number of imide groups is 1. The minimum Gasteiger partial charge on any atom is -0.353 e. The van der Waals surface area contributed by atoms with Gasteiger partial charge in [-0.05, 0) is 50.5 Å². The van der Waals surface area contributed by atoms with Crippen LogP contribution >= 0.6 is 0 Å². The van der Waals surface area contributed by atoms with Gasteiger partial charge in [0.1, 0.15) is 6.54 Å². The van der Waals surface area contributed by atoms with Crippen molar-refractivity contribution in [1.82, 2.24) is 14.4 Å². The number of hydrogen-bond acceptors (Lipinski definition) is 3. The summed E-state index contributed by atoms with van der Waals surface area (Å²) in [5.41, 5.74) is 2.78.